The molecule has 2 aliphatic heterocycles. The van der Waals surface area contributed by atoms with Gasteiger partial charge >= 0.3 is 29.0 Å². The van der Waals surface area contributed by atoms with E-state index in [2.05, 4.69) is 20.4 Å². The zero-order chi connectivity index (χ0) is 30.0. The first-order valence-corrected chi connectivity index (χ1v) is 14.4. The molecule has 8 nitrogen and oxygen atoms in total. The number of fused-ring (bicyclic) bond motifs is 8. The molecule has 1 saturated heterocycles. The summed E-state index contributed by atoms with van der Waals surface area (Å²) in [4.78, 5) is 41.9. The van der Waals surface area contributed by atoms with E-state index in [1.54, 1.807) is 6.08 Å². The molecule has 218 valence electrons. The zero-order valence-corrected chi connectivity index (χ0v) is 26.9. The van der Waals surface area contributed by atoms with Crippen LogP contribution < -0.4 is 36.2 Å². The quantitative estimate of drug-likeness (QED) is 0.281. The Hall–Kier alpha value is -3.69. The molecule has 1 unspecified atom stereocenters. The molecule has 3 aromatic rings. The fraction of sp³-hybridized carbons (Fsp3) is 0.353. The number of esters is 1. The van der Waals surface area contributed by atoms with Gasteiger partial charge in [0.05, 0.1) is 13.4 Å². The van der Waals surface area contributed by atoms with Gasteiger partial charge in [0.25, 0.3) is 0 Å². The second-order valence-electron chi connectivity index (χ2n) is 11.3. The van der Waals surface area contributed by atoms with Crippen molar-refractivity contribution in [3.05, 3.63) is 83.8 Å². The van der Waals surface area contributed by atoms with Crippen molar-refractivity contribution in [1.82, 2.24) is 15.0 Å². The molecule has 3 aliphatic rings. The Bertz CT molecular complexity index is 1950. The van der Waals surface area contributed by atoms with Gasteiger partial charge in [-0.1, -0.05) is 86.4 Å². The van der Waals surface area contributed by atoms with E-state index in [0.29, 0.717) is 55.8 Å². The summed E-state index contributed by atoms with van der Waals surface area (Å²) in [7, 11) is 1.31. The van der Waals surface area contributed by atoms with E-state index < -0.39 is 17.9 Å². The number of hydrogen-bond donors (Lipinski definition) is 1. The van der Waals surface area contributed by atoms with Gasteiger partial charge in [0.1, 0.15) is 5.92 Å². The van der Waals surface area contributed by atoms with Crippen LogP contribution in [0.15, 0.2) is 12.3 Å². The van der Waals surface area contributed by atoms with E-state index >= 15 is 0 Å². The average molecular weight is 587 g/mol. The maximum absolute atomic E-state index is 13.9. The van der Waals surface area contributed by atoms with Crippen LogP contribution in [-0.4, -0.2) is 53.1 Å². The molecule has 0 radical (unpaired) electrons. The summed E-state index contributed by atoms with van der Waals surface area (Å²) in [5.41, 5.74) is 7.47. The molecule has 8 bridgehead atoms. The average Bonchev–Trinajstić information content (AvgIpc) is 3.72. The summed E-state index contributed by atoms with van der Waals surface area (Å²) >= 11 is 0. The predicted molar refractivity (Wildman–Crippen MR) is 168 cm³/mol. The number of hydrogen-bond acceptors (Lipinski definition) is 4. The summed E-state index contributed by atoms with van der Waals surface area (Å²) in [6, 6.07) is -0.411. The van der Waals surface area contributed by atoms with E-state index in [0.717, 1.165) is 40.8 Å². The minimum absolute atomic E-state index is 0. The van der Waals surface area contributed by atoms with E-state index in [1.165, 1.54) is 7.11 Å². The third kappa shape index (κ3) is 4.47. The smallest absolute Gasteiger partial charge is 0.681 e. The predicted octanol–water partition coefficient (Wildman–Crippen LogP) is 1.86. The number of ether oxygens (including phenoxy) is 1. The maximum atomic E-state index is 13.9. The van der Waals surface area contributed by atoms with Crippen LogP contribution in [0.1, 0.15) is 76.9 Å². The van der Waals surface area contributed by atoms with Crippen LogP contribution in [0.2, 0.25) is 0 Å². The van der Waals surface area contributed by atoms with Crippen molar-refractivity contribution < 1.29 is 19.4 Å². The fourth-order valence-electron chi connectivity index (χ4n) is 7.02. The van der Waals surface area contributed by atoms with Crippen molar-refractivity contribution in [3.8, 4) is 0 Å². The summed E-state index contributed by atoms with van der Waals surface area (Å²) < 4.78 is 5.14. The summed E-state index contributed by atoms with van der Waals surface area (Å²) in [6.07, 6.45) is 10.0. The first-order chi connectivity index (χ1) is 20.2. The molecule has 3 aromatic heterocycles. The van der Waals surface area contributed by atoms with Gasteiger partial charge in [-0.2, -0.15) is 5.70 Å². The minimum atomic E-state index is -1.08. The molecular weight excluding hydrogens is 553 g/mol. The minimum Gasteiger partial charge on any atom is -0.681 e. The second kappa shape index (κ2) is 11.4. The first kappa shape index (κ1) is 30.8. The molecule has 0 saturated carbocycles. The Morgan fingerprint density at radius 3 is 2.40 bits per heavy atom. The van der Waals surface area contributed by atoms with Crippen LogP contribution in [0.4, 0.5) is 0 Å². The van der Waals surface area contributed by atoms with E-state index in [9.17, 15) is 14.7 Å². The number of aromatic nitrogens is 3. The molecule has 0 amide bonds. The number of ketones is 1. The van der Waals surface area contributed by atoms with Gasteiger partial charge in [-0.25, -0.2) is 0 Å². The molecule has 5 heterocycles. The van der Waals surface area contributed by atoms with Crippen LogP contribution >= 0.6 is 0 Å². The Balaban J connectivity index is 0.00000368. The van der Waals surface area contributed by atoms with Crippen LogP contribution in [0.25, 0.3) is 41.5 Å². The second-order valence-corrected chi connectivity index (χ2v) is 11.3. The number of methoxy groups -OCH3 is 1. The van der Waals surface area contributed by atoms with Crippen molar-refractivity contribution in [2.24, 2.45) is 17.8 Å². The Kier molecular flexibility index (Phi) is 8.17. The molecule has 0 spiro atoms. The monoisotopic (exact) mass is 586 g/mol. The molecule has 9 heteroatoms. The number of carbonyl (C=O) groups is 2. The molecular formula is C34H34MgN4O4-2. The standard InChI is InChI=1S/C34H34N4O4.Mg/c1-8-18-15(4)22-11-23-16(5)19(9-2)31(37-23)29-30(34(41)42-7)33(40)28-17(6)24(38-32(28)29)12-26-20(10-3)21(14-39)27(36-26)13-25(18)35-22;/h8,11-14,16,19,30-31H,1,9-10H2,2-7H3,(H,39,40);/q-4;+2/b23-11-,27-13-;/t16-,19-,30+,31?;/m0./s1. The zero-order valence-electron chi connectivity index (χ0n) is 25.5. The third-order valence-electron chi connectivity index (χ3n) is 9.33. The Labute approximate surface area is 266 Å². The van der Waals surface area contributed by atoms with Gasteiger partial charge in [0.15, 0.2) is 5.78 Å². The summed E-state index contributed by atoms with van der Waals surface area (Å²) in [6.45, 7) is 14.1. The topological polar surface area (TPSA) is 120 Å². The van der Waals surface area contributed by atoms with Crippen molar-refractivity contribution in [2.45, 2.75) is 53.5 Å². The van der Waals surface area contributed by atoms with Crippen molar-refractivity contribution in [2.75, 3.05) is 7.11 Å². The van der Waals surface area contributed by atoms with Crippen molar-refractivity contribution in [3.63, 3.8) is 0 Å². The fourth-order valence-corrected chi connectivity index (χ4v) is 7.02. The van der Waals surface area contributed by atoms with Crippen molar-refractivity contribution >= 4 is 70.9 Å². The van der Waals surface area contributed by atoms with Crippen LogP contribution in [0, 0.1) is 31.6 Å². The molecule has 6 rings (SSSR count). The number of rotatable bonds is 4. The Morgan fingerprint density at radius 1 is 1.05 bits per heavy atom. The Morgan fingerprint density at radius 2 is 1.77 bits per heavy atom. The molecule has 1 N–H and O–H groups in total. The largest absolute Gasteiger partial charge is 2.00 e. The normalized spacial score (nSPS) is 25.2. The van der Waals surface area contributed by atoms with Gasteiger partial charge in [-0.15, -0.1) is 33.1 Å². The molecule has 1 fully saturated rings. The third-order valence-corrected chi connectivity index (χ3v) is 9.33. The van der Waals surface area contributed by atoms with E-state index in [1.807, 2.05) is 39.0 Å². The van der Waals surface area contributed by atoms with Gasteiger partial charge in [-0.3, -0.25) is 9.59 Å². The van der Waals surface area contributed by atoms with Gasteiger partial charge < -0.3 is 30.1 Å². The number of Topliss-reactive ketones (excluding diaryl/α,β-unsaturated/α-hetero) is 1. The molecule has 0 aromatic carbocycles. The molecule has 43 heavy (non-hydrogen) atoms. The van der Waals surface area contributed by atoms with E-state index in [-0.39, 0.29) is 40.7 Å². The van der Waals surface area contributed by atoms with E-state index in [4.69, 9.17) is 25.0 Å². The van der Waals surface area contributed by atoms with Gasteiger partial charge in [0.2, 0.25) is 0 Å². The molecule has 4 atom stereocenters. The summed E-state index contributed by atoms with van der Waals surface area (Å²) in [5, 5.41) is 17.8. The SMILES string of the molecule is C=Cc1c2[n-]c(c1C)/C=C1\[N-]C(C3=c4[n-]/c(c(C)c4C(=O)[C@@H]3C(=O)OC)=C\c3[n-]c(/c(=C/O)c3CC)=C\2)[C@@H](CC)[C@@H]1C.[Mg+2]. The number of nitrogens with zero attached hydrogens (tertiary/aromatic N) is 4. The van der Waals surface area contributed by atoms with Crippen LogP contribution in [0.3, 0.4) is 0 Å². The number of carbonyl (C=O) groups excluding carboxylic acids is 2. The van der Waals surface area contributed by atoms with Gasteiger partial charge in [-0.05, 0) is 42.9 Å². The summed E-state index contributed by atoms with van der Waals surface area (Å²) in [5.74, 6) is -1.85. The number of aliphatic hydroxyl groups is 1. The molecule has 1 aliphatic carbocycles. The number of aliphatic hydroxyl groups excluding tert-OH is 1. The maximum Gasteiger partial charge on any atom is 2.00 e. The van der Waals surface area contributed by atoms with Crippen molar-refractivity contribution in [1.29, 1.82) is 0 Å². The van der Waals surface area contributed by atoms with Gasteiger partial charge in [0, 0.05) is 5.56 Å². The van der Waals surface area contributed by atoms with Crippen LogP contribution in [-0.2, 0) is 16.0 Å². The number of allylic oxidation sites excluding steroid dienone is 1. The van der Waals surface area contributed by atoms with Crippen LogP contribution in [0.5, 0.6) is 0 Å². The first-order valence-electron chi connectivity index (χ1n) is 14.4.